The average molecular weight is 436 g/mol. The number of thiophene rings is 1. The highest BCUT2D eigenvalue weighted by Crippen LogP contribution is 2.36. The van der Waals surface area contributed by atoms with Crippen LogP contribution in [0.5, 0.6) is 0 Å². The Bertz CT molecular complexity index is 1050. The first-order valence-electron chi connectivity index (χ1n) is 10.7. The van der Waals surface area contributed by atoms with E-state index < -0.39 is 11.7 Å². The molecule has 2 aliphatic rings. The Morgan fingerprint density at radius 2 is 1.97 bits per heavy atom. The zero-order chi connectivity index (χ0) is 21.3. The number of rotatable bonds is 6. The first-order valence-corrected chi connectivity index (χ1v) is 11.5. The van der Waals surface area contributed by atoms with Crippen LogP contribution in [0.2, 0.25) is 0 Å². The molecule has 2 aromatic rings. The Kier molecular flexibility index (Phi) is 6.40. The summed E-state index contributed by atoms with van der Waals surface area (Å²) in [7, 11) is 0. The van der Waals surface area contributed by atoms with Gasteiger partial charge in [-0.05, 0) is 37.7 Å². The minimum Gasteiger partial charge on any atom is -0.465 e. The quantitative estimate of drug-likeness (QED) is 0.635. The van der Waals surface area contributed by atoms with E-state index in [2.05, 4.69) is 11.8 Å². The van der Waals surface area contributed by atoms with Gasteiger partial charge in [0, 0.05) is 31.1 Å². The van der Waals surface area contributed by atoms with Crippen molar-refractivity contribution in [1.82, 2.24) is 14.0 Å². The predicted octanol–water partition coefficient (Wildman–Crippen LogP) is 1.24. The van der Waals surface area contributed by atoms with Gasteiger partial charge in [-0.1, -0.05) is 6.92 Å². The van der Waals surface area contributed by atoms with E-state index in [-0.39, 0.29) is 18.7 Å². The lowest BCUT2D eigenvalue weighted by atomic mass is 9.89. The van der Waals surface area contributed by atoms with E-state index in [1.807, 2.05) is 0 Å². The third kappa shape index (κ3) is 4.10. The predicted molar refractivity (Wildman–Crippen MR) is 115 cm³/mol. The molecule has 1 saturated heterocycles. The smallest absolute Gasteiger partial charge is 0.332 e. The summed E-state index contributed by atoms with van der Waals surface area (Å²) < 4.78 is 13.2. The molecule has 1 fully saturated rings. The highest BCUT2D eigenvalue weighted by Gasteiger charge is 2.26. The Labute approximate surface area is 179 Å². The van der Waals surface area contributed by atoms with E-state index in [9.17, 15) is 14.4 Å². The number of carbonyl (C=O) groups excluding carboxylic acids is 1. The summed E-state index contributed by atoms with van der Waals surface area (Å²) in [6.07, 6.45) is 2.81. The fourth-order valence-corrected chi connectivity index (χ4v) is 5.86. The molecule has 0 radical (unpaired) electrons. The number of aromatic nitrogens is 2. The van der Waals surface area contributed by atoms with Crippen molar-refractivity contribution in [2.24, 2.45) is 5.92 Å². The summed E-state index contributed by atoms with van der Waals surface area (Å²) in [6, 6.07) is 0. The normalized spacial score (nSPS) is 19.7. The van der Waals surface area contributed by atoms with Crippen LogP contribution < -0.4 is 11.2 Å². The van der Waals surface area contributed by atoms with Crippen LogP contribution in [0.4, 0.5) is 0 Å². The second kappa shape index (κ2) is 9.03. The minimum absolute atomic E-state index is 0.215. The first kappa shape index (κ1) is 21.3. The highest BCUT2D eigenvalue weighted by molar-refractivity contribution is 7.18. The molecule has 0 spiro atoms. The van der Waals surface area contributed by atoms with Gasteiger partial charge in [0.15, 0.2) is 0 Å². The van der Waals surface area contributed by atoms with Crippen LogP contribution in [-0.2, 0) is 40.2 Å². The highest BCUT2D eigenvalue weighted by atomic mass is 32.1. The topological polar surface area (TPSA) is 82.8 Å². The van der Waals surface area contributed by atoms with E-state index >= 15 is 0 Å². The van der Waals surface area contributed by atoms with Crippen molar-refractivity contribution in [3.05, 3.63) is 31.3 Å². The second-order valence-electron chi connectivity index (χ2n) is 8.12. The number of morpholine rings is 1. The molecule has 0 bridgehead atoms. The van der Waals surface area contributed by atoms with Gasteiger partial charge in [-0.3, -0.25) is 19.1 Å². The number of nitrogens with zero attached hydrogens (tertiary/aromatic N) is 3. The average Bonchev–Trinajstić information content (AvgIpc) is 3.10. The fourth-order valence-electron chi connectivity index (χ4n) is 4.34. The largest absolute Gasteiger partial charge is 0.465 e. The van der Waals surface area contributed by atoms with Gasteiger partial charge < -0.3 is 9.47 Å². The van der Waals surface area contributed by atoms with Gasteiger partial charge in [-0.2, -0.15) is 0 Å². The van der Waals surface area contributed by atoms with E-state index in [1.54, 1.807) is 22.8 Å². The van der Waals surface area contributed by atoms with Gasteiger partial charge in [0.1, 0.15) is 11.4 Å². The first-order chi connectivity index (χ1) is 14.5. The van der Waals surface area contributed by atoms with Crippen LogP contribution in [0, 0.1) is 5.92 Å². The van der Waals surface area contributed by atoms with Crippen molar-refractivity contribution in [3.63, 3.8) is 0 Å². The number of fused-ring (bicyclic) bond motifs is 3. The Morgan fingerprint density at radius 1 is 1.20 bits per heavy atom. The SMILES string of the molecule is CCOC(=O)Cn1c(=O)c2c3c(sc2n(CCN2CCOCC2)c1=O)C[C@@H](C)CC3. The molecule has 0 amide bonds. The van der Waals surface area contributed by atoms with Crippen molar-refractivity contribution >= 4 is 27.5 Å². The van der Waals surface area contributed by atoms with Crippen molar-refractivity contribution in [3.8, 4) is 0 Å². The number of ether oxygens (including phenoxy) is 2. The molecule has 0 saturated carbocycles. The zero-order valence-electron chi connectivity index (χ0n) is 17.6. The molecule has 9 heteroatoms. The zero-order valence-corrected chi connectivity index (χ0v) is 18.5. The van der Waals surface area contributed by atoms with Gasteiger partial charge in [0.25, 0.3) is 5.56 Å². The van der Waals surface area contributed by atoms with Crippen molar-refractivity contribution < 1.29 is 14.3 Å². The summed E-state index contributed by atoms with van der Waals surface area (Å²) in [5.41, 5.74) is 0.272. The van der Waals surface area contributed by atoms with Crippen molar-refractivity contribution in [2.45, 2.75) is 46.2 Å². The van der Waals surface area contributed by atoms with E-state index in [1.165, 1.54) is 4.88 Å². The molecule has 8 nitrogen and oxygen atoms in total. The maximum atomic E-state index is 13.3. The third-order valence-corrected chi connectivity index (χ3v) is 7.27. The second-order valence-corrected chi connectivity index (χ2v) is 9.20. The van der Waals surface area contributed by atoms with Gasteiger partial charge in [0.05, 0.1) is 25.2 Å². The lowest BCUT2D eigenvalue weighted by Crippen LogP contribution is -2.44. The Balaban J connectivity index is 1.79. The lowest BCUT2D eigenvalue weighted by Gasteiger charge is -2.26. The standard InChI is InChI=1S/C21H29N3O5S/c1-3-29-17(25)13-24-19(26)18-15-5-4-14(2)12-16(15)30-20(18)23(21(24)27)7-6-22-8-10-28-11-9-22/h14H,3-13H2,1-2H3/t14-/m0/s1. The van der Waals surface area contributed by atoms with E-state index in [0.29, 0.717) is 37.6 Å². The van der Waals surface area contributed by atoms with Crippen LogP contribution in [0.3, 0.4) is 0 Å². The van der Waals surface area contributed by atoms with Crippen LogP contribution in [0.25, 0.3) is 10.2 Å². The molecule has 0 aromatic carbocycles. The number of esters is 1. The molecule has 1 aliphatic heterocycles. The van der Waals surface area contributed by atoms with Crippen LogP contribution >= 0.6 is 11.3 Å². The number of carbonyl (C=O) groups is 1. The van der Waals surface area contributed by atoms with Gasteiger partial charge in [0.2, 0.25) is 0 Å². The summed E-state index contributed by atoms with van der Waals surface area (Å²) >= 11 is 1.57. The van der Waals surface area contributed by atoms with Gasteiger partial charge >= 0.3 is 11.7 Å². The van der Waals surface area contributed by atoms with Crippen LogP contribution in [-0.4, -0.2) is 59.5 Å². The van der Waals surface area contributed by atoms with Crippen molar-refractivity contribution in [1.29, 1.82) is 0 Å². The lowest BCUT2D eigenvalue weighted by molar-refractivity contribution is -0.143. The maximum Gasteiger partial charge on any atom is 0.332 e. The molecule has 3 heterocycles. The van der Waals surface area contributed by atoms with Crippen LogP contribution in [0.15, 0.2) is 9.59 Å². The molecule has 4 rings (SSSR count). The molecule has 1 atom stereocenters. The van der Waals surface area contributed by atoms with Crippen LogP contribution in [0.1, 0.15) is 30.7 Å². The van der Waals surface area contributed by atoms with E-state index in [4.69, 9.17) is 9.47 Å². The maximum absolute atomic E-state index is 13.3. The summed E-state index contributed by atoms with van der Waals surface area (Å²) in [5.74, 6) is 0.00865. The van der Waals surface area contributed by atoms with Crippen molar-refractivity contribution in [2.75, 3.05) is 39.5 Å². The molecule has 2 aromatic heterocycles. The molecule has 0 N–H and O–H groups in total. The Hall–Kier alpha value is -1.97. The molecular formula is C21H29N3O5S. The summed E-state index contributed by atoms with van der Waals surface area (Å²) in [5, 5.41) is 0.618. The molecule has 1 aliphatic carbocycles. The molecular weight excluding hydrogens is 406 g/mol. The number of aryl methyl sites for hydroxylation is 1. The number of hydrogen-bond acceptors (Lipinski definition) is 7. The number of hydrogen-bond donors (Lipinski definition) is 0. The molecule has 0 unspecified atom stereocenters. The monoisotopic (exact) mass is 435 g/mol. The Morgan fingerprint density at radius 3 is 2.70 bits per heavy atom. The molecule has 164 valence electrons. The van der Waals surface area contributed by atoms with Gasteiger partial charge in [-0.15, -0.1) is 11.3 Å². The summed E-state index contributed by atoms with van der Waals surface area (Å²) in [4.78, 5) is 42.9. The molecule has 30 heavy (non-hydrogen) atoms. The van der Waals surface area contributed by atoms with Gasteiger partial charge in [-0.25, -0.2) is 9.36 Å². The minimum atomic E-state index is -0.562. The van der Waals surface area contributed by atoms with E-state index in [0.717, 1.165) is 47.3 Å². The summed E-state index contributed by atoms with van der Waals surface area (Å²) in [6.45, 7) is 8.03. The third-order valence-electron chi connectivity index (χ3n) is 6.00. The fraction of sp³-hybridized carbons (Fsp3) is 0.667.